The van der Waals surface area contributed by atoms with Gasteiger partial charge in [0, 0.05) is 18.4 Å². The molecule has 3 atom stereocenters. The molecule has 2 fully saturated rings. The Morgan fingerprint density at radius 1 is 1.06 bits per heavy atom. The largest absolute Gasteiger partial charge is 0.375 e. The molecule has 1 unspecified atom stereocenters. The number of carbonyl (C=O) groups is 2. The quantitative estimate of drug-likeness (QED) is 0.742. The first-order valence-electron chi connectivity index (χ1n) is 6.69. The molecule has 0 radical (unpaired) electrons. The predicted octanol–water partition coefficient (Wildman–Crippen LogP) is 2.52. The Morgan fingerprint density at radius 2 is 1.76 bits per heavy atom. The molecule has 1 aliphatic carbocycles. The fraction of sp³-hybridized carbons (Fsp3) is 0.857. The second-order valence-electron chi connectivity index (χ2n) is 5.67. The Balaban J connectivity index is 2.13. The van der Waals surface area contributed by atoms with Gasteiger partial charge in [0.1, 0.15) is 11.6 Å². The van der Waals surface area contributed by atoms with Gasteiger partial charge in [0.2, 0.25) is 0 Å². The first kappa shape index (κ1) is 12.7. The van der Waals surface area contributed by atoms with Crippen molar-refractivity contribution in [1.82, 2.24) is 0 Å². The first-order chi connectivity index (χ1) is 8.04. The van der Waals surface area contributed by atoms with Gasteiger partial charge in [-0.1, -0.05) is 0 Å². The van der Waals surface area contributed by atoms with Crippen LogP contribution in [0.25, 0.3) is 0 Å². The highest BCUT2D eigenvalue weighted by Gasteiger charge is 2.45. The summed E-state index contributed by atoms with van der Waals surface area (Å²) < 4.78 is 5.95. The molecule has 1 saturated carbocycles. The summed E-state index contributed by atoms with van der Waals surface area (Å²) in [6.45, 7) is 4.04. The van der Waals surface area contributed by atoms with Crippen LogP contribution >= 0.6 is 0 Å². The van der Waals surface area contributed by atoms with Crippen molar-refractivity contribution in [2.75, 3.05) is 6.61 Å². The highest BCUT2D eigenvalue weighted by atomic mass is 16.5. The van der Waals surface area contributed by atoms with Gasteiger partial charge >= 0.3 is 0 Å². The van der Waals surface area contributed by atoms with Gasteiger partial charge in [-0.3, -0.25) is 9.59 Å². The summed E-state index contributed by atoms with van der Waals surface area (Å²) in [7, 11) is 0. The van der Waals surface area contributed by atoms with Crippen molar-refractivity contribution in [1.29, 1.82) is 0 Å². The van der Waals surface area contributed by atoms with Crippen molar-refractivity contribution in [3.63, 3.8) is 0 Å². The molecule has 0 aromatic heterocycles. The van der Waals surface area contributed by atoms with Crippen LogP contribution in [0.15, 0.2) is 0 Å². The highest BCUT2D eigenvalue weighted by molar-refractivity contribution is 5.87. The van der Waals surface area contributed by atoms with Crippen LogP contribution in [0, 0.1) is 11.8 Å². The van der Waals surface area contributed by atoms with Gasteiger partial charge in [-0.15, -0.1) is 0 Å². The molecule has 2 rings (SSSR count). The van der Waals surface area contributed by atoms with E-state index in [1.807, 2.05) is 0 Å². The third kappa shape index (κ3) is 2.59. The molecular formula is C14H22O3. The van der Waals surface area contributed by atoms with Gasteiger partial charge in [-0.2, -0.15) is 0 Å². The second kappa shape index (κ2) is 4.89. The fourth-order valence-electron chi connectivity index (χ4n) is 3.45. The van der Waals surface area contributed by atoms with Crippen LogP contribution in [0.3, 0.4) is 0 Å². The number of ketones is 2. The van der Waals surface area contributed by atoms with Crippen molar-refractivity contribution in [3.8, 4) is 0 Å². The Morgan fingerprint density at radius 3 is 2.29 bits per heavy atom. The molecule has 2 aliphatic rings. The number of hydrogen-bond donors (Lipinski definition) is 0. The maximum atomic E-state index is 11.7. The highest BCUT2D eigenvalue weighted by Crippen LogP contribution is 2.44. The van der Waals surface area contributed by atoms with Gasteiger partial charge < -0.3 is 4.74 Å². The van der Waals surface area contributed by atoms with E-state index in [0.717, 1.165) is 38.7 Å². The predicted molar refractivity (Wildman–Crippen MR) is 64.7 cm³/mol. The van der Waals surface area contributed by atoms with E-state index in [1.54, 1.807) is 13.8 Å². The average molecular weight is 238 g/mol. The normalized spacial score (nSPS) is 38.0. The van der Waals surface area contributed by atoms with E-state index in [9.17, 15) is 9.59 Å². The lowest BCUT2D eigenvalue weighted by Gasteiger charge is -2.45. The third-order valence-electron chi connectivity index (χ3n) is 4.47. The monoisotopic (exact) mass is 238 g/mol. The van der Waals surface area contributed by atoms with E-state index in [-0.39, 0.29) is 29.0 Å². The Kier molecular flexibility index (Phi) is 3.67. The minimum absolute atomic E-state index is 0.0661. The Labute approximate surface area is 103 Å². The maximum absolute atomic E-state index is 11.7. The molecule has 0 bridgehead atoms. The Hall–Kier alpha value is -0.700. The molecule has 3 nitrogen and oxygen atoms in total. The molecule has 3 heteroatoms. The molecule has 1 spiro atoms. The zero-order chi connectivity index (χ0) is 12.5. The van der Waals surface area contributed by atoms with Crippen molar-refractivity contribution in [3.05, 3.63) is 0 Å². The van der Waals surface area contributed by atoms with Gasteiger partial charge in [0.15, 0.2) is 0 Å². The van der Waals surface area contributed by atoms with E-state index in [0.29, 0.717) is 0 Å². The van der Waals surface area contributed by atoms with Gasteiger partial charge in [0.25, 0.3) is 0 Å². The summed E-state index contributed by atoms with van der Waals surface area (Å²) in [6.07, 6.45) is 5.90. The second-order valence-corrected chi connectivity index (χ2v) is 5.67. The van der Waals surface area contributed by atoms with Crippen molar-refractivity contribution >= 4 is 11.6 Å². The molecule has 0 N–H and O–H groups in total. The van der Waals surface area contributed by atoms with E-state index in [1.165, 1.54) is 6.42 Å². The Bertz CT molecular complexity index is 315. The van der Waals surface area contributed by atoms with Gasteiger partial charge in [0.05, 0.1) is 5.60 Å². The molecule has 0 amide bonds. The van der Waals surface area contributed by atoms with Crippen LogP contribution in [0.2, 0.25) is 0 Å². The van der Waals surface area contributed by atoms with Gasteiger partial charge in [-0.05, 0) is 52.4 Å². The SMILES string of the molecule is CC(=O)[C@H]1CCC2(CCCCO2)C[C@@H]1C(C)=O. The summed E-state index contributed by atoms with van der Waals surface area (Å²) in [5.74, 6) is 0.136. The summed E-state index contributed by atoms with van der Waals surface area (Å²) in [5.41, 5.74) is -0.0967. The first-order valence-corrected chi connectivity index (χ1v) is 6.69. The van der Waals surface area contributed by atoms with E-state index in [4.69, 9.17) is 4.74 Å². The minimum atomic E-state index is -0.112. The lowest BCUT2D eigenvalue weighted by atomic mass is 9.67. The van der Waals surface area contributed by atoms with E-state index in [2.05, 4.69) is 0 Å². The van der Waals surface area contributed by atoms with Gasteiger partial charge in [-0.25, -0.2) is 0 Å². The van der Waals surface area contributed by atoms with Crippen LogP contribution in [-0.4, -0.2) is 23.8 Å². The topological polar surface area (TPSA) is 43.4 Å². The minimum Gasteiger partial charge on any atom is -0.375 e. The maximum Gasteiger partial charge on any atom is 0.133 e. The molecule has 0 aromatic rings. The van der Waals surface area contributed by atoms with Crippen LogP contribution < -0.4 is 0 Å². The molecule has 0 aromatic carbocycles. The number of carbonyl (C=O) groups excluding carboxylic acids is 2. The van der Waals surface area contributed by atoms with Crippen LogP contribution in [0.1, 0.15) is 52.4 Å². The summed E-state index contributed by atoms with van der Waals surface area (Å²) in [6, 6.07) is 0. The standard InChI is InChI=1S/C14H22O3/c1-10(15)12-5-7-14(6-3-4-8-17-14)9-13(12)11(2)16/h12-13H,3-9H2,1-2H3/t12-,13-,14?/m1/s1. The lowest BCUT2D eigenvalue weighted by Crippen LogP contribution is -2.46. The lowest BCUT2D eigenvalue weighted by molar-refractivity contribution is -0.149. The summed E-state index contributed by atoms with van der Waals surface area (Å²) in [5, 5.41) is 0. The van der Waals surface area contributed by atoms with Crippen LogP contribution in [0.4, 0.5) is 0 Å². The molecule has 1 aliphatic heterocycles. The number of hydrogen-bond acceptors (Lipinski definition) is 3. The number of rotatable bonds is 2. The summed E-state index contributed by atoms with van der Waals surface area (Å²) >= 11 is 0. The fourth-order valence-corrected chi connectivity index (χ4v) is 3.45. The molecule has 96 valence electrons. The van der Waals surface area contributed by atoms with Crippen LogP contribution in [-0.2, 0) is 14.3 Å². The molecule has 17 heavy (non-hydrogen) atoms. The smallest absolute Gasteiger partial charge is 0.133 e. The molecular weight excluding hydrogens is 216 g/mol. The average Bonchev–Trinajstić information content (AvgIpc) is 2.29. The third-order valence-corrected chi connectivity index (χ3v) is 4.47. The van der Waals surface area contributed by atoms with E-state index < -0.39 is 0 Å². The number of ether oxygens (including phenoxy) is 1. The number of Topliss-reactive ketones (excluding diaryl/α,β-unsaturated/α-hetero) is 2. The molecule has 1 saturated heterocycles. The molecule has 1 heterocycles. The summed E-state index contributed by atoms with van der Waals surface area (Å²) in [4.78, 5) is 23.3. The van der Waals surface area contributed by atoms with Crippen molar-refractivity contribution in [2.45, 2.75) is 58.0 Å². The van der Waals surface area contributed by atoms with Crippen molar-refractivity contribution in [2.24, 2.45) is 11.8 Å². The van der Waals surface area contributed by atoms with Crippen molar-refractivity contribution < 1.29 is 14.3 Å². The van der Waals surface area contributed by atoms with Crippen LogP contribution in [0.5, 0.6) is 0 Å². The zero-order valence-corrected chi connectivity index (χ0v) is 10.8. The van der Waals surface area contributed by atoms with E-state index >= 15 is 0 Å². The zero-order valence-electron chi connectivity index (χ0n) is 10.8.